The molecular weight excluding hydrogens is 299 g/mol. The SMILES string of the molecule is O=C(OCc1ccccc1)N1CCN(C2CCC(F)C2)C(=O)C1. The van der Waals surface area contributed by atoms with Gasteiger partial charge in [0.25, 0.3) is 0 Å². The molecule has 2 fully saturated rings. The van der Waals surface area contributed by atoms with Gasteiger partial charge in [-0.05, 0) is 24.8 Å². The van der Waals surface area contributed by atoms with Gasteiger partial charge in [0.1, 0.15) is 19.3 Å². The summed E-state index contributed by atoms with van der Waals surface area (Å²) in [6.07, 6.45) is 0.380. The smallest absolute Gasteiger partial charge is 0.410 e. The Morgan fingerprint density at radius 2 is 2.00 bits per heavy atom. The summed E-state index contributed by atoms with van der Waals surface area (Å²) in [7, 11) is 0. The molecule has 2 aliphatic rings. The molecule has 1 saturated heterocycles. The van der Waals surface area contributed by atoms with Crippen LogP contribution in [0, 0.1) is 0 Å². The lowest BCUT2D eigenvalue weighted by molar-refractivity contribution is -0.138. The number of rotatable bonds is 3. The maximum Gasteiger partial charge on any atom is 0.410 e. The van der Waals surface area contributed by atoms with E-state index in [1.54, 1.807) is 4.90 Å². The van der Waals surface area contributed by atoms with Crippen molar-refractivity contribution in [3.63, 3.8) is 0 Å². The zero-order valence-electron chi connectivity index (χ0n) is 13.0. The molecule has 1 aliphatic carbocycles. The summed E-state index contributed by atoms with van der Waals surface area (Å²) >= 11 is 0. The third-order valence-electron chi connectivity index (χ3n) is 4.50. The van der Waals surface area contributed by atoms with Crippen LogP contribution in [0.3, 0.4) is 0 Å². The Kier molecular flexibility index (Phi) is 4.79. The molecule has 1 aliphatic heterocycles. The topological polar surface area (TPSA) is 49.9 Å². The number of alkyl halides is 1. The van der Waals surface area contributed by atoms with E-state index in [1.165, 1.54) is 4.90 Å². The summed E-state index contributed by atoms with van der Waals surface area (Å²) in [5, 5.41) is 0. The minimum Gasteiger partial charge on any atom is -0.445 e. The molecule has 0 aromatic heterocycles. The second kappa shape index (κ2) is 6.98. The molecular formula is C17H21FN2O3. The minimum atomic E-state index is -0.804. The summed E-state index contributed by atoms with van der Waals surface area (Å²) in [6, 6.07) is 9.40. The first kappa shape index (κ1) is 15.8. The second-order valence-corrected chi connectivity index (χ2v) is 6.11. The number of amides is 2. The van der Waals surface area contributed by atoms with E-state index in [0.29, 0.717) is 32.4 Å². The standard InChI is InChI=1S/C17H21FN2O3/c18-14-6-7-15(10-14)20-9-8-19(11-16(20)21)17(22)23-12-13-4-2-1-3-5-13/h1-5,14-15H,6-12H2. The molecule has 5 nitrogen and oxygen atoms in total. The van der Waals surface area contributed by atoms with E-state index in [1.807, 2.05) is 30.3 Å². The Bertz CT molecular complexity index is 566. The maximum absolute atomic E-state index is 13.3. The fourth-order valence-electron chi connectivity index (χ4n) is 3.23. The molecule has 2 amide bonds. The van der Waals surface area contributed by atoms with Crippen molar-refractivity contribution in [3.8, 4) is 0 Å². The highest BCUT2D eigenvalue weighted by atomic mass is 19.1. The van der Waals surface area contributed by atoms with Gasteiger partial charge in [-0.25, -0.2) is 9.18 Å². The number of halogens is 1. The predicted octanol–water partition coefficient (Wildman–Crippen LogP) is 2.36. The Morgan fingerprint density at radius 3 is 2.65 bits per heavy atom. The molecule has 0 N–H and O–H groups in total. The molecule has 1 aromatic carbocycles. The fraction of sp³-hybridized carbons (Fsp3) is 0.529. The number of benzene rings is 1. The number of carbonyl (C=O) groups is 2. The van der Waals surface area contributed by atoms with Gasteiger partial charge >= 0.3 is 6.09 Å². The van der Waals surface area contributed by atoms with Gasteiger partial charge in [0.15, 0.2) is 0 Å². The van der Waals surface area contributed by atoms with E-state index < -0.39 is 12.3 Å². The molecule has 2 atom stereocenters. The van der Waals surface area contributed by atoms with Crippen LogP contribution in [-0.2, 0) is 16.1 Å². The van der Waals surface area contributed by atoms with Crippen molar-refractivity contribution in [1.29, 1.82) is 0 Å². The van der Waals surface area contributed by atoms with Crippen LogP contribution in [0.1, 0.15) is 24.8 Å². The molecule has 124 valence electrons. The highest BCUT2D eigenvalue weighted by molar-refractivity contribution is 5.83. The Hall–Kier alpha value is -2.11. The van der Waals surface area contributed by atoms with Gasteiger partial charge in [-0.1, -0.05) is 30.3 Å². The van der Waals surface area contributed by atoms with Gasteiger partial charge in [0, 0.05) is 19.1 Å². The summed E-state index contributed by atoms with van der Waals surface area (Å²) in [5.41, 5.74) is 0.908. The number of hydrogen-bond acceptors (Lipinski definition) is 3. The molecule has 23 heavy (non-hydrogen) atoms. The Balaban J connectivity index is 1.49. The minimum absolute atomic E-state index is 0.0139. The van der Waals surface area contributed by atoms with Crippen LogP contribution in [0.25, 0.3) is 0 Å². The van der Waals surface area contributed by atoms with Gasteiger partial charge < -0.3 is 9.64 Å². The van der Waals surface area contributed by atoms with Crippen LogP contribution in [-0.4, -0.2) is 53.6 Å². The van der Waals surface area contributed by atoms with E-state index >= 15 is 0 Å². The van der Waals surface area contributed by atoms with E-state index in [-0.39, 0.29) is 25.1 Å². The van der Waals surface area contributed by atoms with Crippen molar-refractivity contribution < 1.29 is 18.7 Å². The van der Waals surface area contributed by atoms with Crippen LogP contribution in [0.15, 0.2) is 30.3 Å². The summed E-state index contributed by atoms with van der Waals surface area (Å²) < 4.78 is 18.5. The van der Waals surface area contributed by atoms with Gasteiger partial charge in [0.2, 0.25) is 5.91 Å². The monoisotopic (exact) mass is 320 g/mol. The largest absolute Gasteiger partial charge is 0.445 e. The molecule has 0 radical (unpaired) electrons. The zero-order chi connectivity index (χ0) is 16.2. The zero-order valence-corrected chi connectivity index (χ0v) is 13.0. The van der Waals surface area contributed by atoms with Crippen LogP contribution < -0.4 is 0 Å². The summed E-state index contributed by atoms with van der Waals surface area (Å²) in [6.45, 7) is 1.10. The first-order valence-electron chi connectivity index (χ1n) is 8.02. The van der Waals surface area contributed by atoms with Crippen LogP contribution in [0.5, 0.6) is 0 Å². The van der Waals surface area contributed by atoms with Gasteiger partial charge in [-0.2, -0.15) is 0 Å². The lowest BCUT2D eigenvalue weighted by Crippen LogP contribution is -2.55. The highest BCUT2D eigenvalue weighted by Gasteiger charge is 2.36. The first-order valence-corrected chi connectivity index (χ1v) is 8.02. The Labute approximate surface area is 135 Å². The molecule has 0 bridgehead atoms. The average Bonchev–Trinajstić information content (AvgIpc) is 2.99. The number of hydrogen-bond donors (Lipinski definition) is 0. The van der Waals surface area contributed by atoms with E-state index in [4.69, 9.17) is 4.74 Å². The van der Waals surface area contributed by atoms with Gasteiger partial charge in [-0.15, -0.1) is 0 Å². The fourth-order valence-corrected chi connectivity index (χ4v) is 3.23. The van der Waals surface area contributed by atoms with Gasteiger partial charge in [0.05, 0.1) is 0 Å². The van der Waals surface area contributed by atoms with E-state index in [2.05, 4.69) is 0 Å². The molecule has 6 heteroatoms. The highest BCUT2D eigenvalue weighted by Crippen LogP contribution is 2.27. The van der Waals surface area contributed by atoms with Crippen molar-refractivity contribution in [2.75, 3.05) is 19.6 Å². The van der Waals surface area contributed by atoms with Crippen molar-refractivity contribution in [2.45, 2.75) is 38.1 Å². The normalized spacial score (nSPS) is 24.8. The van der Waals surface area contributed by atoms with Crippen molar-refractivity contribution in [3.05, 3.63) is 35.9 Å². The van der Waals surface area contributed by atoms with Crippen molar-refractivity contribution in [1.82, 2.24) is 9.80 Å². The third-order valence-corrected chi connectivity index (χ3v) is 4.50. The van der Waals surface area contributed by atoms with Crippen molar-refractivity contribution in [2.24, 2.45) is 0 Å². The van der Waals surface area contributed by atoms with Crippen LogP contribution in [0.2, 0.25) is 0 Å². The molecule has 2 unspecified atom stereocenters. The van der Waals surface area contributed by atoms with Crippen molar-refractivity contribution >= 4 is 12.0 Å². The van der Waals surface area contributed by atoms with E-state index in [9.17, 15) is 14.0 Å². The van der Waals surface area contributed by atoms with E-state index in [0.717, 1.165) is 5.56 Å². The average molecular weight is 320 g/mol. The molecule has 1 saturated carbocycles. The summed E-state index contributed by atoms with van der Waals surface area (Å²) in [5.74, 6) is -0.119. The lowest BCUT2D eigenvalue weighted by atomic mass is 10.2. The third kappa shape index (κ3) is 3.81. The molecule has 1 heterocycles. The lowest BCUT2D eigenvalue weighted by Gasteiger charge is -2.37. The quantitative estimate of drug-likeness (QED) is 0.859. The van der Waals surface area contributed by atoms with Gasteiger partial charge in [-0.3, -0.25) is 9.69 Å². The van der Waals surface area contributed by atoms with Crippen LogP contribution in [0.4, 0.5) is 9.18 Å². The maximum atomic E-state index is 13.3. The number of piperazine rings is 1. The summed E-state index contributed by atoms with van der Waals surface area (Å²) in [4.78, 5) is 27.4. The molecule has 1 aromatic rings. The molecule has 3 rings (SSSR count). The Morgan fingerprint density at radius 1 is 1.22 bits per heavy atom. The predicted molar refractivity (Wildman–Crippen MR) is 82.4 cm³/mol. The molecule has 0 spiro atoms. The van der Waals surface area contributed by atoms with Crippen LogP contribution >= 0.6 is 0 Å². The number of ether oxygens (including phenoxy) is 1. The first-order chi connectivity index (χ1) is 11.1. The number of nitrogens with zero attached hydrogens (tertiary/aromatic N) is 2. The number of carbonyl (C=O) groups excluding carboxylic acids is 2. The second-order valence-electron chi connectivity index (χ2n) is 6.11.